The molecule has 0 radical (unpaired) electrons. The molecule has 30 heavy (non-hydrogen) atoms. The molecule has 1 saturated heterocycles. The van der Waals surface area contributed by atoms with Gasteiger partial charge in [-0.3, -0.25) is 9.69 Å². The highest BCUT2D eigenvalue weighted by molar-refractivity contribution is 7.14. The van der Waals surface area contributed by atoms with Crippen LogP contribution in [0.1, 0.15) is 18.4 Å². The number of hydrogen-bond donors (Lipinski definition) is 0. The number of aryl methyl sites for hydroxylation is 1. The molecule has 0 aliphatic carbocycles. The molecular weight excluding hydrogens is 420 g/mol. The van der Waals surface area contributed by atoms with E-state index in [0.29, 0.717) is 22.4 Å². The molecule has 1 amide bonds. The fourth-order valence-electron chi connectivity index (χ4n) is 3.28. The Bertz CT molecular complexity index is 982. The van der Waals surface area contributed by atoms with Crippen molar-refractivity contribution in [3.8, 4) is 17.0 Å². The first-order valence-electron chi connectivity index (χ1n) is 9.91. The molecule has 2 aromatic carbocycles. The number of aromatic nitrogens is 1. The number of hydrogen-bond acceptors (Lipinski definition) is 5. The third kappa shape index (κ3) is 5.19. The molecule has 0 spiro atoms. The van der Waals surface area contributed by atoms with E-state index in [4.69, 9.17) is 26.1 Å². The lowest BCUT2D eigenvalue weighted by molar-refractivity contribution is -0.120. The summed E-state index contributed by atoms with van der Waals surface area (Å²) in [5, 5.41) is 3.27. The van der Waals surface area contributed by atoms with Crippen LogP contribution in [0.15, 0.2) is 53.9 Å². The van der Waals surface area contributed by atoms with E-state index in [1.165, 1.54) is 16.9 Å². The van der Waals surface area contributed by atoms with Crippen LogP contribution in [0.3, 0.4) is 0 Å². The van der Waals surface area contributed by atoms with Gasteiger partial charge in [0.1, 0.15) is 5.75 Å². The fraction of sp³-hybridized carbons (Fsp3) is 0.304. The second kappa shape index (κ2) is 9.60. The first-order valence-corrected chi connectivity index (χ1v) is 11.2. The Morgan fingerprint density at radius 1 is 1.23 bits per heavy atom. The Morgan fingerprint density at radius 2 is 2.00 bits per heavy atom. The maximum atomic E-state index is 13.0. The number of benzene rings is 2. The van der Waals surface area contributed by atoms with Crippen molar-refractivity contribution in [2.75, 3.05) is 24.7 Å². The minimum Gasteiger partial charge on any atom is -0.484 e. The Hall–Kier alpha value is -2.41. The first kappa shape index (κ1) is 20.8. The molecule has 1 aliphatic rings. The highest BCUT2D eigenvalue weighted by Gasteiger charge is 2.26. The molecule has 5 nitrogen and oxygen atoms in total. The van der Waals surface area contributed by atoms with Crippen molar-refractivity contribution in [2.45, 2.75) is 25.9 Å². The van der Waals surface area contributed by atoms with Crippen LogP contribution in [-0.4, -0.2) is 36.8 Å². The van der Waals surface area contributed by atoms with Crippen LogP contribution in [0.25, 0.3) is 11.3 Å². The molecule has 0 unspecified atom stereocenters. The standard InChI is InChI=1S/C23H23ClN2O3S/c1-16-4-6-17(7-5-16)21-15-30-23(25-21)26(13-20-3-2-12-28-20)22(27)14-29-19-10-8-18(24)9-11-19/h4-11,15,20H,2-3,12-14H2,1H3/t20-/m0/s1. The van der Waals surface area contributed by atoms with E-state index in [2.05, 4.69) is 19.1 Å². The number of nitrogens with zero attached hydrogens (tertiary/aromatic N) is 2. The quantitative estimate of drug-likeness (QED) is 0.494. The van der Waals surface area contributed by atoms with Gasteiger partial charge in [0.25, 0.3) is 5.91 Å². The van der Waals surface area contributed by atoms with Gasteiger partial charge in [0.15, 0.2) is 11.7 Å². The lowest BCUT2D eigenvalue weighted by atomic mass is 10.1. The molecule has 1 aromatic heterocycles. The maximum Gasteiger partial charge on any atom is 0.266 e. The van der Waals surface area contributed by atoms with Crippen molar-refractivity contribution in [2.24, 2.45) is 0 Å². The first-order chi connectivity index (χ1) is 14.6. The summed E-state index contributed by atoms with van der Waals surface area (Å²) in [6.07, 6.45) is 1.98. The topological polar surface area (TPSA) is 51.7 Å². The number of carbonyl (C=O) groups excluding carboxylic acids is 1. The average Bonchev–Trinajstić information content (AvgIpc) is 3.44. The second-order valence-electron chi connectivity index (χ2n) is 7.26. The summed E-state index contributed by atoms with van der Waals surface area (Å²) in [5.74, 6) is 0.453. The van der Waals surface area contributed by atoms with E-state index in [1.54, 1.807) is 29.2 Å². The maximum absolute atomic E-state index is 13.0. The largest absolute Gasteiger partial charge is 0.484 e. The zero-order valence-electron chi connectivity index (χ0n) is 16.7. The number of halogens is 1. The summed E-state index contributed by atoms with van der Waals surface area (Å²) >= 11 is 7.37. The van der Waals surface area contributed by atoms with Gasteiger partial charge < -0.3 is 9.47 Å². The molecule has 7 heteroatoms. The van der Waals surface area contributed by atoms with Gasteiger partial charge in [-0.25, -0.2) is 4.98 Å². The minimum absolute atomic E-state index is 0.0243. The summed E-state index contributed by atoms with van der Waals surface area (Å²) in [7, 11) is 0. The van der Waals surface area contributed by atoms with Crippen molar-refractivity contribution in [1.82, 2.24) is 4.98 Å². The molecule has 0 N–H and O–H groups in total. The van der Waals surface area contributed by atoms with Crippen molar-refractivity contribution < 1.29 is 14.3 Å². The van der Waals surface area contributed by atoms with Gasteiger partial charge in [-0.2, -0.15) is 0 Å². The zero-order chi connectivity index (χ0) is 20.9. The van der Waals surface area contributed by atoms with E-state index in [0.717, 1.165) is 30.7 Å². The van der Waals surface area contributed by atoms with Crippen LogP contribution < -0.4 is 9.64 Å². The fourth-order valence-corrected chi connectivity index (χ4v) is 4.26. The van der Waals surface area contributed by atoms with Gasteiger partial charge in [-0.05, 0) is 44.0 Å². The van der Waals surface area contributed by atoms with Crippen LogP contribution in [0.4, 0.5) is 5.13 Å². The van der Waals surface area contributed by atoms with Crippen molar-refractivity contribution in [3.63, 3.8) is 0 Å². The van der Waals surface area contributed by atoms with Crippen LogP contribution in [0.2, 0.25) is 5.02 Å². The Kier molecular flexibility index (Phi) is 6.67. The number of amides is 1. The zero-order valence-corrected chi connectivity index (χ0v) is 18.3. The van der Waals surface area contributed by atoms with Gasteiger partial charge in [0, 0.05) is 22.6 Å². The van der Waals surface area contributed by atoms with E-state index < -0.39 is 0 Å². The third-order valence-corrected chi connectivity index (χ3v) is 6.07. The average molecular weight is 443 g/mol. The third-order valence-electron chi connectivity index (χ3n) is 4.96. The van der Waals surface area contributed by atoms with Crippen molar-refractivity contribution in [1.29, 1.82) is 0 Å². The van der Waals surface area contributed by atoms with E-state index in [1.807, 2.05) is 17.5 Å². The van der Waals surface area contributed by atoms with Gasteiger partial charge in [-0.15, -0.1) is 11.3 Å². The predicted molar refractivity (Wildman–Crippen MR) is 121 cm³/mol. The number of anilines is 1. The smallest absolute Gasteiger partial charge is 0.266 e. The lowest BCUT2D eigenvalue weighted by Crippen LogP contribution is -2.40. The summed E-state index contributed by atoms with van der Waals surface area (Å²) in [5.41, 5.74) is 3.09. The van der Waals surface area contributed by atoms with Crippen LogP contribution >= 0.6 is 22.9 Å². The molecule has 0 saturated carbocycles. The van der Waals surface area contributed by atoms with Crippen LogP contribution in [0.5, 0.6) is 5.75 Å². The second-order valence-corrected chi connectivity index (χ2v) is 8.54. The molecule has 1 atom stereocenters. The SMILES string of the molecule is Cc1ccc(-c2csc(N(C[C@@H]3CCCO3)C(=O)COc3ccc(Cl)cc3)n2)cc1. The molecule has 3 aromatic rings. The van der Waals surface area contributed by atoms with Gasteiger partial charge in [0.05, 0.1) is 18.3 Å². The summed E-state index contributed by atoms with van der Waals surface area (Å²) in [4.78, 5) is 19.5. The molecular formula is C23H23ClN2O3S. The van der Waals surface area contributed by atoms with Gasteiger partial charge in [0.2, 0.25) is 0 Å². The molecule has 156 valence electrons. The molecule has 4 rings (SSSR count). The van der Waals surface area contributed by atoms with Crippen molar-refractivity contribution >= 4 is 34.0 Å². The normalized spacial score (nSPS) is 15.9. The van der Waals surface area contributed by atoms with Gasteiger partial charge >= 0.3 is 0 Å². The van der Waals surface area contributed by atoms with E-state index in [-0.39, 0.29) is 18.6 Å². The Morgan fingerprint density at radius 3 is 2.70 bits per heavy atom. The number of ether oxygens (including phenoxy) is 2. The summed E-state index contributed by atoms with van der Waals surface area (Å²) < 4.78 is 11.4. The highest BCUT2D eigenvalue weighted by Crippen LogP contribution is 2.29. The van der Waals surface area contributed by atoms with Crippen LogP contribution in [0, 0.1) is 6.92 Å². The number of carbonyl (C=O) groups is 1. The number of rotatable bonds is 7. The Balaban J connectivity index is 1.51. The predicted octanol–water partition coefficient (Wildman–Crippen LogP) is 5.36. The molecule has 1 fully saturated rings. The van der Waals surface area contributed by atoms with E-state index in [9.17, 15) is 4.79 Å². The summed E-state index contributed by atoms with van der Waals surface area (Å²) in [6, 6.07) is 15.2. The monoisotopic (exact) mass is 442 g/mol. The van der Waals surface area contributed by atoms with E-state index >= 15 is 0 Å². The Labute approximate surface area is 185 Å². The molecule has 0 bridgehead atoms. The number of thiazole rings is 1. The summed E-state index contributed by atoms with van der Waals surface area (Å²) in [6.45, 7) is 3.19. The minimum atomic E-state index is -0.148. The van der Waals surface area contributed by atoms with Crippen LogP contribution in [-0.2, 0) is 9.53 Å². The van der Waals surface area contributed by atoms with Gasteiger partial charge in [-0.1, -0.05) is 41.4 Å². The molecule has 1 aliphatic heterocycles. The van der Waals surface area contributed by atoms with Crippen molar-refractivity contribution in [3.05, 3.63) is 64.5 Å². The molecule has 2 heterocycles. The lowest BCUT2D eigenvalue weighted by Gasteiger charge is -2.23. The highest BCUT2D eigenvalue weighted by atomic mass is 35.5.